The van der Waals surface area contributed by atoms with Gasteiger partial charge in [0.05, 0.1) is 5.02 Å². The summed E-state index contributed by atoms with van der Waals surface area (Å²) in [6.45, 7) is 0. The molecule has 1 aromatic heterocycles. The average Bonchev–Trinajstić information content (AvgIpc) is 2.73. The predicted molar refractivity (Wildman–Crippen MR) is 80.6 cm³/mol. The molecule has 1 amide bonds. The first-order valence-electron chi connectivity index (χ1n) is 6.99. The number of amidine groups is 1. The van der Waals surface area contributed by atoms with Crippen molar-refractivity contribution < 1.29 is 10.0 Å². The van der Waals surface area contributed by atoms with E-state index < -0.39 is 5.54 Å². The number of aromatic nitrogens is 1. The van der Waals surface area contributed by atoms with E-state index in [1.54, 1.807) is 12.1 Å². The second kappa shape index (κ2) is 6.76. The maximum atomic E-state index is 12.4. The number of carbonyl (C=O) groups excluding carboxylic acids is 1. The number of oxime groups is 1. The van der Waals surface area contributed by atoms with E-state index in [1.165, 1.54) is 6.20 Å². The zero-order chi connectivity index (χ0) is 15.3. The molecule has 1 heterocycles. The molecule has 114 valence electrons. The van der Waals surface area contributed by atoms with E-state index in [0.29, 0.717) is 17.9 Å². The molecule has 1 aliphatic carbocycles. The Morgan fingerprint density at radius 1 is 1.33 bits per heavy atom. The first-order chi connectivity index (χ1) is 10.1. The Hall–Kier alpha value is -1.82. The smallest absolute Gasteiger partial charge is 0.270 e. The maximum absolute atomic E-state index is 12.4. The standard InChI is InChI=1S/C14H19ClN4O2/c15-10-5-6-11(17-9-10)12(20)18-14(13(16)19-21)7-3-1-2-4-8-14/h5-6,9,21H,1-4,7-8H2,(H2,16,19)(H,18,20). The van der Waals surface area contributed by atoms with Crippen molar-refractivity contribution in [1.29, 1.82) is 0 Å². The van der Waals surface area contributed by atoms with E-state index in [9.17, 15) is 4.79 Å². The fourth-order valence-electron chi connectivity index (χ4n) is 2.66. The van der Waals surface area contributed by atoms with E-state index in [0.717, 1.165) is 25.7 Å². The number of hydrogen-bond donors (Lipinski definition) is 3. The molecule has 1 aliphatic rings. The lowest BCUT2D eigenvalue weighted by Gasteiger charge is -2.32. The highest BCUT2D eigenvalue weighted by molar-refractivity contribution is 6.30. The topological polar surface area (TPSA) is 101 Å². The maximum Gasteiger partial charge on any atom is 0.270 e. The summed E-state index contributed by atoms with van der Waals surface area (Å²) in [6, 6.07) is 3.15. The summed E-state index contributed by atoms with van der Waals surface area (Å²) in [4.78, 5) is 16.3. The quantitative estimate of drug-likeness (QED) is 0.262. The van der Waals surface area contributed by atoms with Gasteiger partial charge >= 0.3 is 0 Å². The van der Waals surface area contributed by atoms with Crippen LogP contribution in [0.5, 0.6) is 0 Å². The van der Waals surface area contributed by atoms with Crippen LogP contribution in [-0.4, -0.2) is 27.5 Å². The number of pyridine rings is 1. The van der Waals surface area contributed by atoms with E-state index >= 15 is 0 Å². The zero-order valence-corrected chi connectivity index (χ0v) is 12.4. The van der Waals surface area contributed by atoms with Gasteiger partial charge in [-0.15, -0.1) is 0 Å². The minimum Gasteiger partial charge on any atom is -0.409 e. The summed E-state index contributed by atoms with van der Waals surface area (Å²) in [7, 11) is 0. The van der Waals surface area contributed by atoms with Crippen LogP contribution < -0.4 is 11.1 Å². The molecule has 0 unspecified atom stereocenters. The van der Waals surface area contributed by atoms with Gasteiger partial charge in [0.1, 0.15) is 11.2 Å². The Morgan fingerprint density at radius 3 is 2.52 bits per heavy atom. The van der Waals surface area contributed by atoms with Gasteiger partial charge in [-0.05, 0) is 25.0 Å². The summed E-state index contributed by atoms with van der Waals surface area (Å²) in [5, 5.41) is 15.5. The molecule has 0 atom stereocenters. The summed E-state index contributed by atoms with van der Waals surface area (Å²) < 4.78 is 0. The van der Waals surface area contributed by atoms with Gasteiger partial charge in [-0.3, -0.25) is 4.79 Å². The van der Waals surface area contributed by atoms with Crippen molar-refractivity contribution >= 4 is 23.3 Å². The fourth-order valence-corrected chi connectivity index (χ4v) is 2.78. The van der Waals surface area contributed by atoms with Crippen LogP contribution in [0.3, 0.4) is 0 Å². The van der Waals surface area contributed by atoms with Crippen LogP contribution in [-0.2, 0) is 0 Å². The largest absolute Gasteiger partial charge is 0.409 e. The predicted octanol–water partition coefficient (Wildman–Crippen LogP) is 2.30. The first kappa shape index (κ1) is 15.6. The molecule has 7 heteroatoms. The van der Waals surface area contributed by atoms with Crippen LogP contribution in [0.2, 0.25) is 5.02 Å². The van der Waals surface area contributed by atoms with Crippen molar-refractivity contribution in [2.75, 3.05) is 0 Å². The average molecular weight is 311 g/mol. The lowest BCUT2D eigenvalue weighted by molar-refractivity contribution is 0.0910. The lowest BCUT2D eigenvalue weighted by atomic mass is 9.88. The van der Waals surface area contributed by atoms with E-state index in [1.807, 2.05) is 0 Å². The SMILES string of the molecule is NC(=NO)C1(NC(=O)c2ccc(Cl)cn2)CCCCCC1. The van der Waals surface area contributed by atoms with Crippen LogP contribution in [0.15, 0.2) is 23.5 Å². The fraction of sp³-hybridized carbons (Fsp3) is 0.500. The van der Waals surface area contributed by atoms with Gasteiger partial charge < -0.3 is 16.3 Å². The first-order valence-corrected chi connectivity index (χ1v) is 7.37. The molecule has 0 radical (unpaired) electrons. The number of rotatable bonds is 3. The number of nitrogens with zero attached hydrogens (tertiary/aromatic N) is 2. The summed E-state index contributed by atoms with van der Waals surface area (Å²) >= 11 is 5.76. The van der Waals surface area contributed by atoms with Crippen molar-refractivity contribution in [2.45, 2.75) is 44.1 Å². The normalized spacial score (nSPS) is 18.8. The van der Waals surface area contributed by atoms with Crippen LogP contribution in [0.1, 0.15) is 49.0 Å². The molecule has 0 bridgehead atoms. The van der Waals surface area contributed by atoms with E-state index in [-0.39, 0.29) is 17.4 Å². The number of amides is 1. The van der Waals surface area contributed by atoms with Gasteiger partial charge in [0.2, 0.25) is 0 Å². The molecule has 4 N–H and O–H groups in total. The molecular formula is C14H19ClN4O2. The minimum absolute atomic E-state index is 0.0479. The molecule has 1 saturated carbocycles. The third-order valence-electron chi connectivity index (χ3n) is 3.87. The number of halogens is 1. The van der Waals surface area contributed by atoms with Crippen LogP contribution in [0, 0.1) is 0 Å². The second-order valence-corrected chi connectivity index (χ2v) is 5.73. The molecule has 1 aromatic rings. The molecule has 1 fully saturated rings. The highest BCUT2D eigenvalue weighted by atomic mass is 35.5. The minimum atomic E-state index is -0.802. The Morgan fingerprint density at radius 2 is 2.00 bits per heavy atom. The molecule has 21 heavy (non-hydrogen) atoms. The highest BCUT2D eigenvalue weighted by Gasteiger charge is 2.37. The van der Waals surface area contributed by atoms with Crippen molar-refractivity contribution in [3.63, 3.8) is 0 Å². The number of carbonyl (C=O) groups is 1. The molecule has 0 spiro atoms. The van der Waals surface area contributed by atoms with Gasteiger partial charge in [0.15, 0.2) is 5.84 Å². The summed E-state index contributed by atoms with van der Waals surface area (Å²) in [6.07, 6.45) is 6.73. The van der Waals surface area contributed by atoms with Gasteiger partial charge in [0.25, 0.3) is 5.91 Å². The molecule has 0 aliphatic heterocycles. The molecule has 0 saturated heterocycles. The van der Waals surface area contributed by atoms with Crippen LogP contribution >= 0.6 is 11.6 Å². The number of hydrogen-bond acceptors (Lipinski definition) is 4. The Kier molecular flexibility index (Phi) is 5.01. The number of nitrogens with two attached hydrogens (primary N) is 1. The number of nitrogens with one attached hydrogen (secondary N) is 1. The van der Waals surface area contributed by atoms with Crippen molar-refractivity contribution in [2.24, 2.45) is 10.9 Å². The van der Waals surface area contributed by atoms with Gasteiger partial charge in [-0.1, -0.05) is 42.4 Å². The molecular weight excluding hydrogens is 292 g/mol. The van der Waals surface area contributed by atoms with Crippen molar-refractivity contribution in [3.8, 4) is 0 Å². The summed E-state index contributed by atoms with van der Waals surface area (Å²) in [5.41, 5.74) is 5.30. The van der Waals surface area contributed by atoms with Gasteiger partial charge in [-0.2, -0.15) is 0 Å². The third-order valence-corrected chi connectivity index (χ3v) is 4.09. The Bertz CT molecular complexity index is 522. The molecule has 0 aromatic carbocycles. The van der Waals surface area contributed by atoms with Crippen LogP contribution in [0.4, 0.5) is 0 Å². The third kappa shape index (κ3) is 3.64. The van der Waals surface area contributed by atoms with Crippen molar-refractivity contribution in [1.82, 2.24) is 10.3 Å². The van der Waals surface area contributed by atoms with Gasteiger partial charge in [0, 0.05) is 6.20 Å². The molecule has 2 rings (SSSR count). The van der Waals surface area contributed by atoms with Crippen molar-refractivity contribution in [3.05, 3.63) is 29.0 Å². The van der Waals surface area contributed by atoms with Gasteiger partial charge in [-0.25, -0.2) is 4.98 Å². The van der Waals surface area contributed by atoms with E-state index in [4.69, 9.17) is 22.5 Å². The summed E-state index contributed by atoms with van der Waals surface area (Å²) in [5.74, 6) is -0.299. The van der Waals surface area contributed by atoms with E-state index in [2.05, 4.69) is 15.5 Å². The molecule has 6 nitrogen and oxygen atoms in total. The Labute approximate surface area is 128 Å². The van der Waals surface area contributed by atoms with Crippen LogP contribution in [0.25, 0.3) is 0 Å². The second-order valence-electron chi connectivity index (χ2n) is 5.30. The zero-order valence-electron chi connectivity index (χ0n) is 11.7. The highest BCUT2D eigenvalue weighted by Crippen LogP contribution is 2.28. The monoisotopic (exact) mass is 310 g/mol. The Balaban J connectivity index is 2.22. The lowest BCUT2D eigenvalue weighted by Crippen LogP contribution is -2.57.